The lowest BCUT2D eigenvalue weighted by Gasteiger charge is -2.08. The van der Waals surface area contributed by atoms with Crippen LogP contribution in [0.15, 0.2) is 46.9 Å². The van der Waals surface area contributed by atoms with Crippen molar-refractivity contribution in [1.82, 2.24) is 10.5 Å². The summed E-state index contributed by atoms with van der Waals surface area (Å²) in [7, 11) is 0. The first-order valence-electron chi connectivity index (χ1n) is 8.70. The molecule has 1 heterocycles. The van der Waals surface area contributed by atoms with Gasteiger partial charge in [0.25, 0.3) is 0 Å². The molecule has 29 heavy (non-hydrogen) atoms. The zero-order chi connectivity index (χ0) is 21.0. The van der Waals surface area contributed by atoms with Crippen LogP contribution < -0.4 is 10.2 Å². The van der Waals surface area contributed by atoms with Crippen LogP contribution in [0.1, 0.15) is 22.6 Å². The van der Waals surface area contributed by atoms with Crippen LogP contribution in [-0.2, 0) is 19.1 Å². The summed E-state index contributed by atoms with van der Waals surface area (Å²) in [5.74, 6) is 0.225. The number of nitrogens with one attached hydrogen (secondary N) is 1. The third-order valence-corrected chi connectivity index (χ3v) is 4.23. The van der Waals surface area contributed by atoms with E-state index in [-0.39, 0.29) is 24.8 Å². The van der Waals surface area contributed by atoms with E-state index in [1.54, 1.807) is 13.0 Å². The van der Waals surface area contributed by atoms with E-state index in [2.05, 4.69) is 4.98 Å². The Balaban J connectivity index is 1.64. The standard InChI is InChI=1S/C20H18F4N2O3/c1-12-17(8-9-28-18-7-2-13(11-25-27)10-16(18)21)26-19(29-12)14-3-5-15(6-4-14)20(22,23)24/h2-7,10,25,27H,8-9,11H2,1H3. The van der Waals surface area contributed by atoms with Crippen molar-refractivity contribution in [2.45, 2.75) is 26.1 Å². The number of aromatic nitrogens is 1. The lowest BCUT2D eigenvalue weighted by atomic mass is 10.1. The molecule has 1 aromatic heterocycles. The van der Waals surface area contributed by atoms with Gasteiger partial charge in [0.2, 0.25) is 5.89 Å². The van der Waals surface area contributed by atoms with Gasteiger partial charge in [-0.05, 0) is 48.9 Å². The summed E-state index contributed by atoms with van der Waals surface area (Å²) < 4.78 is 62.9. The Morgan fingerprint density at radius 3 is 2.48 bits per heavy atom. The number of alkyl halides is 3. The zero-order valence-electron chi connectivity index (χ0n) is 15.4. The van der Waals surface area contributed by atoms with Crippen LogP contribution in [-0.4, -0.2) is 16.8 Å². The molecular formula is C20H18F4N2O3. The first-order chi connectivity index (χ1) is 13.8. The SMILES string of the molecule is Cc1oc(-c2ccc(C(F)(F)F)cc2)nc1CCOc1ccc(CNO)cc1F. The second-order valence-corrected chi connectivity index (χ2v) is 6.30. The van der Waals surface area contributed by atoms with Gasteiger partial charge in [-0.25, -0.2) is 14.9 Å². The summed E-state index contributed by atoms with van der Waals surface area (Å²) >= 11 is 0. The molecule has 0 amide bonds. The third-order valence-electron chi connectivity index (χ3n) is 4.23. The Morgan fingerprint density at radius 1 is 1.14 bits per heavy atom. The molecule has 9 heteroatoms. The van der Waals surface area contributed by atoms with Gasteiger partial charge >= 0.3 is 6.18 Å². The molecule has 3 aromatic rings. The van der Waals surface area contributed by atoms with Crippen molar-refractivity contribution in [3.05, 3.63) is 70.9 Å². The van der Waals surface area contributed by atoms with E-state index in [9.17, 15) is 17.6 Å². The van der Waals surface area contributed by atoms with Crippen molar-refractivity contribution >= 4 is 0 Å². The molecule has 5 nitrogen and oxygen atoms in total. The molecule has 0 aliphatic rings. The summed E-state index contributed by atoms with van der Waals surface area (Å²) in [5, 5.41) is 8.64. The van der Waals surface area contributed by atoms with Gasteiger partial charge < -0.3 is 14.4 Å². The Hall–Kier alpha value is -2.91. The Kier molecular flexibility index (Phi) is 6.19. The fourth-order valence-corrected chi connectivity index (χ4v) is 2.71. The minimum Gasteiger partial charge on any atom is -0.490 e. The molecule has 2 N–H and O–H groups in total. The molecule has 0 saturated heterocycles. The quantitative estimate of drug-likeness (QED) is 0.428. The van der Waals surface area contributed by atoms with Gasteiger partial charge in [0.1, 0.15) is 5.76 Å². The predicted octanol–water partition coefficient (Wildman–Crippen LogP) is 4.91. The van der Waals surface area contributed by atoms with Gasteiger partial charge in [-0.3, -0.25) is 0 Å². The largest absolute Gasteiger partial charge is 0.490 e. The molecule has 0 saturated carbocycles. The summed E-state index contributed by atoms with van der Waals surface area (Å²) in [6.45, 7) is 1.93. The molecule has 3 rings (SSSR count). The van der Waals surface area contributed by atoms with Crippen LogP contribution in [0.2, 0.25) is 0 Å². The van der Waals surface area contributed by atoms with Crippen LogP contribution in [0, 0.1) is 12.7 Å². The number of hydrogen-bond acceptors (Lipinski definition) is 5. The van der Waals surface area contributed by atoms with E-state index < -0.39 is 17.6 Å². The molecule has 0 spiro atoms. The zero-order valence-corrected chi connectivity index (χ0v) is 15.4. The third kappa shape index (κ3) is 5.12. The topological polar surface area (TPSA) is 67.5 Å². The van der Waals surface area contributed by atoms with Crippen molar-refractivity contribution in [1.29, 1.82) is 0 Å². The van der Waals surface area contributed by atoms with E-state index in [1.165, 1.54) is 24.3 Å². The normalized spacial score (nSPS) is 11.7. The molecule has 0 atom stereocenters. The highest BCUT2D eigenvalue weighted by Crippen LogP contribution is 2.31. The van der Waals surface area contributed by atoms with Crippen molar-refractivity contribution in [3.8, 4) is 17.2 Å². The summed E-state index contributed by atoms with van der Waals surface area (Å²) in [6, 6.07) is 8.87. The van der Waals surface area contributed by atoms with Crippen LogP contribution in [0.25, 0.3) is 11.5 Å². The Morgan fingerprint density at radius 2 is 1.86 bits per heavy atom. The number of oxazole rings is 1. The van der Waals surface area contributed by atoms with Crippen molar-refractivity contribution in [2.75, 3.05) is 6.61 Å². The second-order valence-electron chi connectivity index (χ2n) is 6.30. The number of rotatable bonds is 7. The molecule has 2 aromatic carbocycles. The van der Waals surface area contributed by atoms with Crippen LogP contribution >= 0.6 is 0 Å². The first kappa shape index (κ1) is 20.8. The number of ether oxygens (including phenoxy) is 1. The maximum absolute atomic E-state index is 14.0. The smallest absolute Gasteiger partial charge is 0.416 e. The first-order valence-corrected chi connectivity index (χ1v) is 8.70. The summed E-state index contributed by atoms with van der Waals surface area (Å²) in [4.78, 5) is 4.31. The molecule has 0 radical (unpaired) electrons. The maximum Gasteiger partial charge on any atom is 0.416 e. The van der Waals surface area contributed by atoms with Gasteiger partial charge in [-0.2, -0.15) is 13.2 Å². The Labute approximate surface area is 163 Å². The van der Waals surface area contributed by atoms with Crippen molar-refractivity contribution in [3.63, 3.8) is 0 Å². The van der Waals surface area contributed by atoms with Gasteiger partial charge in [0, 0.05) is 18.5 Å². The number of nitrogens with zero attached hydrogens (tertiary/aromatic N) is 1. The Bertz CT molecular complexity index is 969. The molecular weight excluding hydrogens is 392 g/mol. The van der Waals surface area contributed by atoms with Gasteiger partial charge in [0.05, 0.1) is 17.9 Å². The van der Waals surface area contributed by atoms with Crippen molar-refractivity contribution in [2.24, 2.45) is 0 Å². The summed E-state index contributed by atoms with van der Waals surface area (Å²) in [6.07, 6.45) is -4.08. The average molecular weight is 410 g/mol. The highest BCUT2D eigenvalue weighted by molar-refractivity contribution is 5.54. The van der Waals surface area contributed by atoms with Gasteiger partial charge in [-0.1, -0.05) is 6.07 Å². The highest BCUT2D eigenvalue weighted by Gasteiger charge is 2.30. The highest BCUT2D eigenvalue weighted by atomic mass is 19.4. The minimum absolute atomic E-state index is 0.0656. The van der Waals surface area contributed by atoms with E-state index in [0.717, 1.165) is 12.1 Å². The van der Waals surface area contributed by atoms with Gasteiger partial charge in [-0.15, -0.1) is 0 Å². The van der Waals surface area contributed by atoms with E-state index >= 15 is 0 Å². The number of hydroxylamine groups is 1. The molecule has 154 valence electrons. The van der Waals surface area contributed by atoms with E-state index in [1.807, 2.05) is 5.48 Å². The van der Waals surface area contributed by atoms with Crippen molar-refractivity contribution < 1.29 is 31.9 Å². The second kappa shape index (κ2) is 8.62. The van der Waals surface area contributed by atoms with E-state index in [0.29, 0.717) is 29.0 Å². The molecule has 0 aliphatic carbocycles. The molecule has 0 unspecified atom stereocenters. The number of halogens is 4. The predicted molar refractivity (Wildman–Crippen MR) is 95.9 cm³/mol. The average Bonchev–Trinajstić information content (AvgIpc) is 3.04. The molecule has 0 aliphatic heterocycles. The van der Waals surface area contributed by atoms with Crippen LogP contribution in [0.4, 0.5) is 17.6 Å². The number of hydrogen-bond donors (Lipinski definition) is 2. The van der Waals surface area contributed by atoms with Gasteiger partial charge in [0.15, 0.2) is 11.6 Å². The lowest BCUT2D eigenvalue weighted by Crippen LogP contribution is -2.07. The monoisotopic (exact) mass is 410 g/mol. The lowest BCUT2D eigenvalue weighted by molar-refractivity contribution is -0.137. The van der Waals surface area contributed by atoms with E-state index in [4.69, 9.17) is 14.4 Å². The molecule has 0 bridgehead atoms. The minimum atomic E-state index is -4.41. The fraction of sp³-hybridized carbons (Fsp3) is 0.250. The molecule has 0 fully saturated rings. The van der Waals surface area contributed by atoms with Crippen LogP contribution in [0.3, 0.4) is 0 Å². The number of aryl methyl sites for hydroxylation is 1. The maximum atomic E-state index is 14.0. The van der Waals surface area contributed by atoms with Crippen LogP contribution in [0.5, 0.6) is 5.75 Å². The fourth-order valence-electron chi connectivity index (χ4n) is 2.71. The number of benzene rings is 2. The summed E-state index contributed by atoms with van der Waals surface area (Å²) in [5.41, 5.74) is 2.75.